The molecular formula is C29H36O3Si. The Morgan fingerprint density at radius 3 is 1.82 bits per heavy atom. The molecule has 1 saturated heterocycles. The smallest absolute Gasteiger partial charge is 0.319 e. The Hall–Kier alpha value is -2.56. The third-order valence-electron chi connectivity index (χ3n) is 6.28. The number of epoxide rings is 1. The highest BCUT2D eigenvalue weighted by Gasteiger charge is 2.52. The van der Waals surface area contributed by atoms with Crippen molar-refractivity contribution < 1.29 is 13.9 Å². The van der Waals surface area contributed by atoms with Crippen molar-refractivity contribution in [2.45, 2.75) is 58.1 Å². The summed E-state index contributed by atoms with van der Waals surface area (Å²) in [7, 11) is -2.70. The number of benzene rings is 3. The fraction of sp³-hybridized carbons (Fsp3) is 0.379. The largest absolute Gasteiger partial charge is 0.534 e. The van der Waals surface area contributed by atoms with Crippen molar-refractivity contribution in [1.82, 2.24) is 0 Å². The van der Waals surface area contributed by atoms with Crippen LogP contribution in [0.1, 0.15) is 47.1 Å². The Morgan fingerprint density at radius 2 is 1.36 bits per heavy atom. The minimum Gasteiger partial charge on any atom is -0.534 e. The zero-order valence-electron chi connectivity index (χ0n) is 20.7. The van der Waals surface area contributed by atoms with Gasteiger partial charge in [-0.25, -0.2) is 0 Å². The zero-order chi connectivity index (χ0) is 23.7. The first kappa shape index (κ1) is 23.6. The quantitative estimate of drug-likeness (QED) is 0.335. The van der Waals surface area contributed by atoms with Crippen molar-refractivity contribution in [2.75, 3.05) is 13.2 Å². The maximum absolute atomic E-state index is 7.35. The van der Waals surface area contributed by atoms with Gasteiger partial charge in [-0.3, -0.25) is 0 Å². The van der Waals surface area contributed by atoms with Crippen molar-refractivity contribution in [2.24, 2.45) is 0 Å². The van der Waals surface area contributed by atoms with Crippen LogP contribution in [0.4, 0.5) is 0 Å². The summed E-state index contributed by atoms with van der Waals surface area (Å²) < 4.78 is 18.7. The van der Waals surface area contributed by atoms with Gasteiger partial charge in [0.05, 0.1) is 6.61 Å². The SMILES string of the molecule is CC(C)(C)c1cc(OC[C@@H]2CO2)ccc1O[Si](c1ccccc1)(c1ccccc1)C(C)(C)C. The summed E-state index contributed by atoms with van der Waals surface area (Å²) in [6.45, 7) is 15.0. The van der Waals surface area contributed by atoms with E-state index in [1.54, 1.807) is 0 Å². The summed E-state index contributed by atoms with van der Waals surface area (Å²) in [5, 5.41) is 2.45. The maximum atomic E-state index is 7.35. The lowest BCUT2D eigenvalue weighted by Crippen LogP contribution is -2.69. The molecular weight excluding hydrogens is 424 g/mol. The lowest BCUT2D eigenvalue weighted by atomic mass is 9.86. The van der Waals surface area contributed by atoms with Gasteiger partial charge < -0.3 is 13.9 Å². The van der Waals surface area contributed by atoms with E-state index in [1.165, 1.54) is 10.4 Å². The van der Waals surface area contributed by atoms with Gasteiger partial charge in [-0.1, -0.05) is 102 Å². The first-order valence-electron chi connectivity index (χ1n) is 11.8. The number of hydrogen-bond acceptors (Lipinski definition) is 3. The molecule has 1 atom stereocenters. The van der Waals surface area contributed by atoms with E-state index < -0.39 is 8.32 Å². The van der Waals surface area contributed by atoms with Crippen LogP contribution in [-0.2, 0) is 10.2 Å². The van der Waals surface area contributed by atoms with E-state index in [4.69, 9.17) is 13.9 Å². The summed E-state index contributed by atoms with van der Waals surface area (Å²) in [6.07, 6.45) is 0.233. The normalized spacial score (nSPS) is 16.4. The van der Waals surface area contributed by atoms with Crippen LogP contribution in [0, 0.1) is 0 Å². The van der Waals surface area contributed by atoms with Crippen LogP contribution < -0.4 is 19.5 Å². The molecule has 0 saturated carbocycles. The number of ether oxygens (including phenoxy) is 2. The van der Waals surface area contributed by atoms with Gasteiger partial charge >= 0.3 is 8.32 Å². The van der Waals surface area contributed by atoms with Crippen LogP contribution in [-0.4, -0.2) is 27.6 Å². The molecule has 174 valence electrons. The van der Waals surface area contributed by atoms with Crippen molar-refractivity contribution >= 4 is 18.7 Å². The highest BCUT2D eigenvalue weighted by atomic mass is 28.4. The first-order valence-corrected chi connectivity index (χ1v) is 13.7. The minimum absolute atomic E-state index is 0.0939. The number of rotatable bonds is 7. The average Bonchev–Trinajstić information content (AvgIpc) is 3.61. The van der Waals surface area contributed by atoms with Gasteiger partial charge in [-0.15, -0.1) is 0 Å². The molecule has 1 aliphatic rings. The van der Waals surface area contributed by atoms with Crippen LogP contribution in [0.25, 0.3) is 0 Å². The molecule has 0 bridgehead atoms. The Kier molecular flexibility index (Phi) is 6.43. The van der Waals surface area contributed by atoms with Crippen LogP contribution >= 0.6 is 0 Å². The van der Waals surface area contributed by atoms with Crippen molar-refractivity contribution in [1.29, 1.82) is 0 Å². The monoisotopic (exact) mass is 460 g/mol. The van der Waals surface area contributed by atoms with E-state index in [0.29, 0.717) is 6.61 Å². The number of hydrogen-bond donors (Lipinski definition) is 0. The van der Waals surface area contributed by atoms with E-state index in [2.05, 4.69) is 114 Å². The van der Waals surface area contributed by atoms with Crippen LogP contribution in [0.2, 0.25) is 5.04 Å². The Labute approximate surface area is 199 Å². The summed E-state index contributed by atoms with van der Waals surface area (Å²) in [4.78, 5) is 0. The topological polar surface area (TPSA) is 31.0 Å². The molecule has 4 heteroatoms. The lowest BCUT2D eigenvalue weighted by Gasteiger charge is -2.44. The molecule has 1 fully saturated rings. The highest BCUT2D eigenvalue weighted by molar-refractivity contribution is 7.00. The highest BCUT2D eigenvalue weighted by Crippen LogP contribution is 2.41. The van der Waals surface area contributed by atoms with E-state index >= 15 is 0 Å². The van der Waals surface area contributed by atoms with Crippen molar-refractivity contribution in [3.05, 3.63) is 84.4 Å². The second kappa shape index (κ2) is 9.00. The summed E-state index contributed by atoms with van der Waals surface area (Å²) >= 11 is 0. The van der Waals surface area contributed by atoms with Gasteiger partial charge in [0.15, 0.2) is 0 Å². The van der Waals surface area contributed by atoms with E-state index in [9.17, 15) is 0 Å². The van der Waals surface area contributed by atoms with Gasteiger partial charge in [-0.05, 0) is 39.0 Å². The van der Waals surface area contributed by atoms with E-state index in [1.807, 2.05) is 6.07 Å². The van der Waals surface area contributed by atoms with Crippen molar-refractivity contribution in [3.8, 4) is 11.5 Å². The third-order valence-corrected chi connectivity index (χ3v) is 11.2. The molecule has 3 aromatic rings. The summed E-state index contributed by atoms with van der Waals surface area (Å²) in [5.41, 5.74) is 1.06. The summed E-state index contributed by atoms with van der Waals surface area (Å²) in [6, 6.07) is 27.8. The first-order chi connectivity index (χ1) is 15.6. The van der Waals surface area contributed by atoms with Gasteiger partial charge in [0.2, 0.25) is 0 Å². The molecule has 0 unspecified atom stereocenters. The molecule has 4 rings (SSSR count). The predicted molar refractivity (Wildman–Crippen MR) is 139 cm³/mol. The van der Waals surface area contributed by atoms with Crippen LogP contribution in [0.3, 0.4) is 0 Å². The van der Waals surface area contributed by atoms with Gasteiger partial charge in [0.1, 0.15) is 24.2 Å². The van der Waals surface area contributed by atoms with Crippen LogP contribution in [0.5, 0.6) is 11.5 Å². The third kappa shape index (κ3) is 5.02. The van der Waals surface area contributed by atoms with Crippen molar-refractivity contribution in [3.63, 3.8) is 0 Å². The Balaban J connectivity index is 1.86. The molecule has 0 radical (unpaired) electrons. The van der Waals surface area contributed by atoms with Gasteiger partial charge in [0.25, 0.3) is 0 Å². The lowest BCUT2D eigenvalue weighted by molar-refractivity contribution is 0.262. The second-order valence-corrected chi connectivity index (χ2v) is 15.2. The molecule has 3 nitrogen and oxygen atoms in total. The Bertz CT molecular complexity index is 1020. The molecule has 0 aromatic heterocycles. The molecule has 33 heavy (non-hydrogen) atoms. The summed E-state index contributed by atoms with van der Waals surface area (Å²) in [5.74, 6) is 1.80. The standard InChI is InChI=1S/C29H36O3Si/c1-28(2,3)26-19-22(30-20-23-21-31-23)17-18-27(26)32-33(29(4,5)6,24-13-9-7-10-14-24)25-15-11-8-12-16-25/h7-19,23H,20-21H2,1-6H3/t23-/m1/s1. The maximum Gasteiger partial charge on any atom is 0.319 e. The van der Waals surface area contributed by atoms with Gasteiger partial charge in [0, 0.05) is 5.56 Å². The fourth-order valence-electron chi connectivity index (χ4n) is 4.44. The van der Waals surface area contributed by atoms with E-state index in [-0.39, 0.29) is 16.6 Å². The Morgan fingerprint density at radius 1 is 0.818 bits per heavy atom. The molecule has 0 aliphatic carbocycles. The predicted octanol–water partition coefficient (Wildman–Crippen LogP) is 5.70. The second-order valence-electron chi connectivity index (χ2n) is 10.9. The molecule has 3 aromatic carbocycles. The molecule has 1 heterocycles. The molecule has 0 amide bonds. The zero-order valence-corrected chi connectivity index (χ0v) is 21.7. The minimum atomic E-state index is -2.70. The average molecular weight is 461 g/mol. The van der Waals surface area contributed by atoms with Gasteiger partial charge in [-0.2, -0.15) is 0 Å². The molecule has 1 aliphatic heterocycles. The molecule has 0 N–H and O–H groups in total. The fourth-order valence-corrected chi connectivity index (χ4v) is 8.88. The van der Waals surface area contributed by atoms with E-state index in [0.717, 1.165) is 23.7 Å². The molecule has 0 spiro atoms. The van der Waals surface area contributed by atoms with Crippen LogP contribution in [0.15, 0.2) is 78.9 Å².